The highest BCUT2D eigenvalue weighted by Gasteiger charge is 2.25. The third-order valence-corrected chi connectivity index (χ3v) is 4.51. The van der Waals surface area contributed by atoms with E-state index < -0.39 is 35.0 Å². The second-order valence-corrected chi connectivity index (χ2v) is 6.51. The number of rotatable bonds is 4. The average molecular weight is 366 g/mol. The molecule has 2 aromatic heterocycles. The van der Waals surface area contributed by atoms with Crippen LogP contribution in [0.5, 0.6) is 0 Å². The minimum atomic E-state index is -2.43. The molecule has 0 bridgehead atoms. The Labute approximate surface area is 135 Å². The predicted molar refractivity (Wildman–Crippen MR) is 80.9 cm³/mol. The Morgan fingerprint density at radius 2 is 1.30 bits per heavy atom. The van der Waals surface area contributed by atoms with Crippen LogP contribution in [0.3, 0.4) is 0 Å². The molecule has 0 unspecified atom stereocenters. The normalized spacial score (nSPS) is 15.1. The number of hydrogen-bond donors (Lipinski definition) is 0. The van der Waals surface area contributed by atoms with E-state index >= 15 is 0 Å². The van der Waals surface area contributed by atoms with Gasteiger partial charge in [0.05, 0.1) is 9.75 Å². The van der Waals surface area contributed by atoms with E-state index in [1.165, 1.54) is 23.6 Å². The van der Waals surface area contributed by atoms with Crippen LogP contribution in [0.2, 0.25) is 0 Å². The highest BCUT2D eigenvalue weighted by atomic mass is 32.1. The number of aryl methyl sites for hydroxylation is 1. The van der Waals surface area contributed by atoms with Crippen LogP contribution in [0.4, 0.5) is 26.3 Å². The maximum Gasteiger partial charge on any atom is 0.200 e. The molecular formula is C15H8F6S2. The maximum atomic E-state index is 13.7. The van der Waals surface area contributed by atoms with Crippen molar-refractivity contribution in [3.8, 4) is 0 Å². The second-order valence-electron chi connectivity index (χ2n) is 4.27. The fraction of sp³-hybridized carbons (Fsp3) is 0.0667. The fourth-order valence-corrected chi connectivity index (χ4v) is 3.01. The van der Waals surface area contributed by atoms with Gasteiger partial charge in [-0.3, -0.25) is 0 Å². The summed E-state index contributed by atoms with van der Waals surface area (Å²) < 4.78 is 81.7. The van der Waals surface area contributed by atoms with E-state index in [9.17, 15) is 26.3 Å². The molecule has 8 heteroatoms. The van der Waals surface area contributed by atoms with Crippen molar-refractivity contribution in [2.75, 3.05) is 0 Å². The highest BCUT2D eigenvalue weighted by molar-refractivity contribution is 7.13. The number of hydrogen-bond acceptors (Lipinski definition) is 2. The van der Waals surface area contributed by atoms with Gasteiger partial charge in [0.2, 0.25) is 11.7 Å². The Bertz CT molecular complexity index is 796. The molecule has 0 N–H and O–H groups in total. The van der Waals surface area contributed by atoms with Crippen LogP contribution in [0.25, 0.3) is 11.7 Å². The first-order chi connectivity index (χ1) is 10.8. The SMILES string of the molecule is Cc1ccc(/C(F)=C(F)/C(F)=C(F)\C(F)=C(/F)c2cccs2)s1. The average Bonchev–Trinajstić information content (AvgIpc) is 3.22. The molecule has 0 aliphatic heterocycles. The van der Waals surface area contributed by atoms with Crippen molar-refractivity contribution in [2.24, 2.45) is 0 Å². The topological polar surface area (TPSA) is 0 Å². The molecule has 0 spiro atoms. The lowest BCUT2D eigenvalue weighted by molar-refractivity contribution is 0.461. The first kappa shape index (κ1) is 17.6. The van der Waals surface area contributed by atoms with Crippen molar-refractivity contribution in [3.05, 3.63) is 67.6 Å². The zero-order valence-corrected chi connectivity index (χ0v) is 13.1. The number of thiophene rings is 2. The van der Waals surface area contributed by atoms with E-state index in [1.54, 1.807) is 6.92 Å². The molecule has 0 atom stereocenters. The Balaban J connectivity index is 2.45. The summed E-state index contributed by atoms with van der Waals surface area (Å²) in [4.78, 5) is 0.0258. The highest BCUT2D eigenvalue weighted by Crippen LogP contribution is 2.37. The van der Waals surface area contributed by atoms with Crippen molar-refractivity contribution in [3.63, 3.8) is 0 Å². The molecule has 0 saturated heterocycles. The number of halogens is 6. The lowest BCUT2D eigenvalue weighted by Crippen LogP contribution is -1.89. The van der Waals surface area contributed by atoms with E-state index in [-0.39, 0.29) is 9.75 Å². The number of allylic oxidation sites excluding steroid dienone is 4. The summed E-state index contributed by atoms with van der Waals surface area (Å²) in [5, 5.41) is 1.39. The van der Waals surface area contributed by atoms with Gasteiger partial charge in [-0.15, -0.1) is 22.7 Å². The minimum Gasteiger partial charge on any atom is -0.202 e. The lowest BCUT2D eigenvalue weighted by Gasteiger charge is -2.01. The molecule has 0 radical (unpaired) electrons. The molecule has 2 rings (SSSR count). The summed E-state index contributed by atoms with van der Waals surface area (Å²) in [7, 11) is 0. The van der Waals surface area contributed by atoms with E-state index in [1.807, 2.05) is 0 Å². The van der Waals surface area contributed by atoms with Crippen LogP contribution in [-0.2, 0) is 0 Å². The maximum absolute atomic E-state index is 13.7. The molecule has 0 saturated carbocycles. The molecule has 2 heterocycles. The summed E-state index contributed by atoms with van der Waals surface area (Å²) in [6.07, 6.45) is 0. The van der Waals surface area contributed by atoms with Crippen molar-refractivity contribution >= 4 is 34.3 Å². The minimum absolute atomic E-state index is 0.286. The molecule has 23 heavy (non-hydrogen) atoms. The van der Waals surface area contributed by atoms with E-state index in [0.29, 0.717) is 4.88 Å². The summed E-state index contributed by atoms with van der Waals surface area (Å²) in [6.45, 7) is 1.60. The summed E-state index contributed by atoms with van der Waals surface area (Å²) in [6, 6.07) is 5.11. The smallest absolute Gasteiger partial charge is 0.200 e. The Morgan fingerprint density at radius 1 is 0.739 bits per heavy atom. The molecule has 0 nitrogen and oxygen atoms in total. The Hall–Kier alpha value is -1.80. The first-order valence-electron chi connectivity index (χ1n) is 6.10. The molecule has 122 valence electrons. The van der Waals surface area contributed by atoms with Gasteiger partial charge in [-0.1, -0.05) is 6.07 Å². The summed E-state index contributed by atoms with van der Waals surface area (Å²) in [5.74, 6) is -12.7. The zero-order valence-electron chi connectivity index (χ0n) is 11.5. The van der Waals surface area contributed by atoms with Crippen LogP contribution in [0, 0.1) is 6.92 Å². The Morgan fingerprint density at radius 3 is 1.74 bits per heavy atom. The van der Waals surface area contributed by atoms with Gasteiger partial charge in [0.1, 0.15) is 0 Å². The van der Waals surface area contributed by atoms with Gasteiger partial charge in [-0.25, -0.2) is 26.3 Å². The Kier molecular flexibility index (Phi) is 5.48. The standard InChI is InChI=1S/C15H8F6S2/c1-7-4-5-9(23-7)11(17)13(19)15(21)14(20)12(18)10(16)8-3-2-6-22-8/h2-6H,1H3/b12-10+,13-11+,15-14-. The molecular weight excluding hydrogens is 358 g/mol. The van der Waals surface area contributed by atoms with Gasteiger partial charge >= 0.3 is 0 Å². The lowest BCUT2D eigenvalue weighted by atomic mass is 10.2. The van der Waals surface area contributed by atoms with Gasteiger partial charge in [0.15, 0.2) is 23.3 Å². The summed E-state index contributed by atoms with van der Waals surface area (Å²) in [5.41, 5.74) is 0. The van der Waals surface area contributed by atoms with E-state index in [0.717, 1.165) is 28.7 Å². The van der Waals surface area contributed by atoms with Crippen molar-refractivity contribution in [1.82, 2.24) is 0 Å². The third kappa shape index (κ3) is 3.76. The van der Waals surface area contributed by atoms with Gasteiger partial charge in [-0.05, 0) is 30.5 Å². The van der Waals surface area contributed by atoms with Crippen LogP contribution in [-0.4, -0.2) is 0 Å². The zero-order chi connectivity index (χ0) is 17.1. The van der Waals surface area contributed by atoms with Crippen LogP contribution < -0.4 is 0 Å². The fourth-order valence-electron chi connectivity index (χ4n) is 1.56. The van der Waals surface area contributed by atoms with Crippen LogP contribution in [0.15, 0.2) is 53.0 Å². The molecule has 0 aliphatic carbocycles. The molecule has 0 aliphatic rings. The monoisotopic (exact) mass is 366 g/mol. The van der Waals surface area contributed by atoms with Gasteiger partial charge < -0.3 is 0 Å². The van der Waals surface area contributed by atoms with Gasteiger partial charge in [-0.2, -0.15) is 0 Å². The third-order valence-electron chi connectivity index (χ3n) is 2.66. The quantitative estimate of drug-likeness (QED) is 0.397. The van der Waals surface area contributed by atoms with E-state index in [2.05, 4.69) is 0 Å². The van der Waals surface area contributed by atoms with Crippen LogP contribution in [0.1, 0.15) is 14.6 Å². The largest absolute Gasteiger partial charge is 0.202 e. The van der Waals surface area contributed by atoms with Crippen molar-refractivity contribution < 1.29 is 26.3 Å². The van der Waals surface area contributed by atoms with Crippen molar-refractivity contribution in [1.29, 1.82) is 0 Å². The second kappa shape index (κ2) is 7.18. The molecule has 0 fully saturated rings. The van der Waals surface area contributed by atoms with Gasteiger partial charge in [0, 0.05) is 4.88 Å². The summed E-state index contributed by atoms with van der Waals surface area (Å²) >= 11 is 1.54. The first-order valence-corrected chi connectivity index (χ1v) is 7.79. The predicted octanol–water partition coefficient (Wildman–Crippen LogP) is 7.18. The molecule has 0 aromatic carbocycles. The van der Waals surface area contributed by atoms with Crippen molar-refractivity contribution in [2.45, 2.75) is 6.92 Å². The molecule has 2 aromatic rings. The van der Waals surface area contributed by atoms with E-state index in [4.69, 9.17) is 0 Å². The molecule has 0 amide bonds. The van der Waals surface area contributed by atoms with Crippen LogP contribution >= 0.6 is 22.7 Å². The van der Waals surface area contributed by atoms with Gasteiger partial charge in [0.25, 0.3) is 0 Å².